The maximum absolute atomic E-state index is 13.7. The molecule has 140 valence electrons. The molecule has 0 unspecified atom stereocenters. The molecular weight excluding hydrogens is 374 g/mol. The van der Waals surface area contributed by atoms with Crippen molar-refractivity contribution in [1.82, 2.24) is 0 Å². The van der Waals surface area contributed by atoms with Crippen LogP contribution in [0.3, 0.4) is 0 Å². The molecule has 0 aliphatic heterocycles. The second-order valence-corrected chi connectivity index (χ2v) is 5.37. The van der Waals surface area contributed by atoms with E-state index in [9.17, 15) is 39.9 Å². The van der Waals surface area contributed by atoms with Crippen LogP contribution in [-0.4, -0.2) is 5.91 Å². The fraction of sp³-hybridized carbons (Fsp3) is 0.188. The lowest BCUT2D eigenvalue weighted by Gasteiger charge is -2.14. The quantitative estimate of drug-likeness (QED) is 0.594. The Hall–Kier alpha value is -2.65. The molecule has 0 saturated carbocycles. The van der Waals surface area contributed by atoms with Crippen LogP contribution in [0.2, 0.25) is 0 Å². The predicted octanol–water partition coefficient (Wildman–Crippen LogP) is 4.89. The van der Waals surface area contributed by atoms with Gasteiger partial charge in [-0.05, 0) is 30.2 Å². The van der Waals surface area contributed by atoms with E-state index in [1.165, 1.54) is 18.3 Å². The molecule has 0 aliphatic rings. The molecule has 0 atom stereocenters. The van der Waals surface area contributed by atoms with Crippen molar-refractivity contribution in [2.24, 2.45) is 0 Å². The summed E-state index contributed by atoms with van der Waals surface area (Å²) in [6.45, 7) is 1.50. The minimum atomic E-state index is -5.68. The zero-order valence-corrected chi connectivity index (χ0v) is 12.9. The van der Waals surface area contributed by atoms with Crippen LogP contribution in [-0.2, 0) is 17.4 Å². The van der Waals surface area contributed by atoms with Crippen molar-refractivity contribution in [2.45, 2.75) is 19.5 Å². The molecule has 0 fully saturated rings. The van der Waals surface area contributed by atoms with E-state index >= 15 is 0 Å². The van der Waals surface area contributed by atoms with E-state index in [0.717, 1.165) is 12.1 Å². The van der Waals surface area contributed by atoms with E-state index in [0.29, 0.717) is 5.56 Å². The van der Waals surface area contributed by atoms with Gasteiger partial charge in [-0.1, -0.05) is 6.07 Å². The fourth-order valence-electron chi connectivity index (χ4n) is 2.27. The standard InChI is InChI=1S/C16H9F8NO/c1-6-2-7(4-8(17)3-6)5-9(26)25-15-13(20)11(18)10(16(22,23)24)12(19)14(15)21/h2-4H,5H2,1H3,(H,25,26). The highest BCUT2D eigenvalue weighted by atomic mass is 19.4. The highest BCUT2D eigenvalue weighted by molar-refractivity contribution is 5.92. The molecule has 1 N–H and O–H groups in total. The monoisotopic (exact) mass is 383 g/mol. The Morgan fingerprint density at radius 2 is 1.46 bits per heavy atom. The summed E-state index contributed by atoms with van der Waals surface area (Å²) in [5.41, 5.74) is -3.94. The first-order chi connectivity index (χ1) is 11.9. The number of nitrogens with one attached hydrogen (secondary N) is 1. The minimum Gasteiger partial charge on any atom is -0.321 e. The van der Waals surface area contributed by atoms with E-state index in [1.807, 2.05) is 0 Å². The Morgan fingerprint density at radius 3 is 1.92 bits per heavy atom. The average Bonchev–Trinajstić information content (AvgIpc) is 2.47. The van der Waals surface area contributed by atoms with Gasteiger partial charge in [0.05, 0.1) is 6.42 Å². The normalized spacial score (nSPS) is 11.6. The Morgan fingerprint density at radius 1 is 0.923 bits per heavy atom. The lowest BCUT2D eigenvalue weighted by Crippen LogP contribution is -2.21. The number of halogens is 8. The first kappa shape index (κ1) is 19.7. The Labute approximate surface area is 141 Å². The molecule has 0 heterocycles. The summed E-state index contributed by atoms with van der Waals surface area (Å²) in [6, 6.07) is 3.44. The number of rotatable bonds is 3. The summed E-state index contributed by atoms with van der Waals surface area (Å²) in [7, 11) is 0. The maximum atomic E-state index is 13.7. The van der Waals surface area contributed by atoms with Gasteiger partial charge in [0.2, 0.25) is 5.91 Å². The SMILES string of the molecule is Cc1cc(F)cc(CC(=O)Nc2c(F)c(F)c(C(F)(F)F)c(F)c2F)c1. The molecule has 2 aromatic rings. The number of anilines is 1. The van der Waals surface area contributed by atoms with Crippen LogP contribution in [0, 0.1) is 36.0 Å². The molecule has 10 heteroatoms. The van der Waals surface area contributed by atoms with Crippen LogP contribution in [0.1, 0.15) is 16.7 Å². The smallest absolute Gasteiger partial charge is 0.321 e. The van der Waals surface area contributed by atoms with Crippen LogP contribution in [0.25, 0.3) is 0 Å². The Bertz CT molecular complexity index is 826. The number of carbonyl (C=O) groups excluding carboxylic acids is 1. The van der Waals surface area contributed by atoms with Crippen LogP contribution < -0.4 is 5.32 Å². The molecule has 1 amide bonds. The molecule has 2 rings (SSSR count). The molecule has 0 aliphatic carbocycles. The second kappa shape index (κ2) is 6.93. The van der Waals surface area contributed by atoms with Gasteiger partial charge in [0.25, 0.3) is 0 Å². The van der Waals surface area contributed by atoms with Crippen molar-refractivity contribution in [1.29, 1.82) is 0 Å². The molecule has 2 nitrogen and oxygen atoms in total. The number of alkyl halides is 3. The first-order valence-corrected chi connectivity index (χ1v) is 6.91. The molecule has 2 aromatic carbocycles. The summed E-state index contributed by atoms with van der Waals surface area (Å²) >= 11 is 0. The van der Waals surface area contributed by atoms with Crippen molar-refractivity contribution in [3.63, 3.8) is 0 Å². The summed E-state index contributed by atoms with van der Waals surface area (Å²) in [5, 5.41) is 1.47. The van der Waals surface area contributed by atoms with Gasteiger partial charge in [0.15, 0.2) is 23.3 Å². The van der Waals surface area contributed by atoms with Gasteiger partial charge in [-0.3, -0.25) is 4.79 Å². The largest absolute Gasteiger partial charge is 0.422 e. The molecule has 26 heavy (non-hydrogen) atoms. The summed E-state index contributed by atoms with van der Waals surface area (Å²) < 4.78 is 105. The predicted molar refractivity (Wildman–Crippen MR) is 74.7 cm³/mol. The number of hydrogen-bond acceptors (Lipinski definition) is 1. The van der Waals surface area contributed by atoms with Crippen LogP contribution in [0.5, 0.6) is 0 Å². The van der Waals surface area contributed by atoms with E-state index in [4.69, 9.17) is 0 Å². The van der Waals surface area contributed by atoms with Gasteiger partial charge in [-0.2, -0.15) is 13.2 Å². The molecule has 0 spiro atoms. The third-order valence-electron chi connectivity index (χ3n) is 3.28. The second-order valence-electron chi connectivity index (χ2n) is 5.37. The Kier molecular flexibility index (Phi) is 5.24. The summed E-state index contributed by atoms with van der Waals surface area (Å²) in [5.74, 6) is -12.1. The molecule has 0 radical (unpaired) electrons. The minimum absolute atomic E-state index is 0.0775. The van der Waals surface area contributed by atoms with Crippen LogP contribution in [0.15, 0.2) is 18.2 Å². The lowest BCUT2D eigenvalue weighted by molar-refractivity contribution is -0.143. The van der Waals surface area contributed by atoms with Gasteiger partial charge < -0.3 is 5.32 Å². The fourth-order valence-corrected chi connectivity index (χ4v) is 2.27. The van der Waals surface area contributed by atoms with Crippen molar-refractivity contribution in [3.8, 4) is 0 Å². The van der Waals surface area contributed by atoms with Crippen molar-refractivity contribution >= 4 is 11.6 Å². The van der Waals surface area contributed by atoms with Crippen molar-refractivity contribution in [2.75, 3.05) is 5.32 Å². The molecule has 0 saturated heterocycles. The summed E-state index contributed by atoms with van der Waals surface area (Å²) in [6.07, 6.45) is -6.32. The van der Waals surface area contributed by atoms with Gasteiger partial charge in [-0.15, -0.1) is 0 Å². The zero-order valence-electron chi connectivity index (χ0n) is 12.9. The molecule has 0 bridgehead atoms. The van der Waals surface area contributed by atoms with Crippen LogP contribution in [0.4, 0.5) is 40.8 Å². The molecular formula is C16H9F8NO. The van der Waals surface area contributed by atoms with Crippen molar-refractivity contribution in [3.05, 3.63) is 64.0 Å². The number of benzene rings is 2. The molecule has 0 aromatic heterocycles. The topological polar surface area (TPSA) is 29.1 Å². The Balaban J connectivity index is 2.36. The van der Waals surface area contributed by atoms with E-state index < -0.39 is 58.8 Å². The average molecular weight is 383 g/mol. The lowest BCUT2D eigenvalue weighted by atomic mass is 10.1. The highest BCUT2D eigenvalue weighted by Gasteiger charge is 2.42. The van der Waals surface area contributed by atoms with Crippen LogP contribution >= 0.6 is 0 Å². The van der Waals surface area contributed by atoms with Gasteiger partial charge in [0.1, 0.15) is 17.1 Å². The number of amides is 1. The van der Waals surface area contributed by atoms with E-state index in [2.05, 4.69) is 0 Å². The third-order valence-corrected chi connectivity index (χ3v) is 3.28. The third kappa shape index (κ3) is 3.94. The number of hydrogen-bond donors (Lipinski definition) is 1. The van der Waals surface area contributed by atoms with Gasteiger partial charge >= 0.3 is 6.18 Å². The maximum Gasteiger partial charge on any atom is 0.422 e. The number of aryl methyl sites for hydroxylation is 1. The zero-order chi connectivity index (χ0) is 19.8. The van der Waals surface area contributed by atoms with Gasteiger partial charge in [0, 0.05) is 0 Å². The van der Waals surface area contributed by atoms with E-state index in [1.54, 1.807) is 0 Å². The highest BCUT2D eigenvalue weighted by Crippen LogP contribution is 2.38. The summed E-state index contributed by atoms with van der Waals surface area (Å²) in [4.78, 5) is 11.8. The van der Waals surface area contributed by atoms with Crippen molar-refractivity contribution < 1.29 is 39.9 Å². The first-order valence-electron chi connectivity index (χ1n) is 6.91. The van der Waals surface area contributed by atoms with E-state index in [-0.39, 0.29) is 5.56 Å². The number of carbonyl (C=O) groups is 1. The van der Waals surface area contributed by atoms with Gasteiger partial charge in [-0.25, -0.2) is 22.0 Å².